The molecular formula is C34H40ClN5O2. The maximum absolute atomic E-state index is 6.45. The highest BCUT2D eigenvalue weighted by Crippen LogP contribution is 2.31. The van der Waals surface area contributed by atoms with Gasteiger partial charge in [0.15, 0.2) is 0 Å². The van der Waals surface area contributed by atoms with Gasteiger partial charge in [0, 0.05) is 36.7 Å². The summed E-state index contributed by atoms with van der Waals surface area (Å²) in [5.74, 6) is 0.478. The fourth-order valence-electron chi connectivity index (χ4n) is 4.66. The second-order valence-electron chi connectivity index (χ2n) is 9.76. The fraction of sp³-hybridized carbons (Fsp3) is 0.324. The third kappa shape index (κ3) is 7.87. The molecule has 1 aliphatic carbocycles. The van der Waals surface area contributed by atoms with E-state index in [-0.39, 0.29) is 0 Å². The first-order valence-electron chi connectivity index (χ1n) is 14.6. The van der Waals surface area contributed by atoms with Crippen molar-refractivity contribution in [3.8, 4) is 17.1 Å². The SMILES string of the molecule is C\C=C/C(Nc1cc2nc3ccccc3n(-c3cccc(Cl)c3)c-2cc1=NCCCCOCCCC)=C(\N=C/C)OC. The number of unbranched alkanes of at least 4 members (excludes halogenated alkanes) is 2. The third-order valence-corrected chi connectivity index (χ3v) is 6.89. The summed E-state index contributed by atoms with van der Waals surface area (Å²) in [5, 5.41) is 5.02. The molecule has 0 spiro atoms. The number of aliphatic imine (C=N–C) groups is 1. The number of benzene rings is 3. The minimum Gasteiger partial charge on any atom is -0.480 e. The Balaban J connectivity index is 1.87. The minimum atomic E-state index is 0.478. The molecule has 0 unspecified atom stereocenters. The predicted octanol–water partition coefficient (Wildman–Crippen LogP) is 8.18. The van der Waals surface area contributed by atoms with Crippen molar-refractivity contribution in [1.29, 1.82) is 0 Å². The van der Waals surface area contributed by atoms with Crippen LogP contribution < -0.4 is 10.7 Å². The molecule has 0 saturated heterocycles. The van der Waals surface area contributed by atoms with E-state index in [0.717, 1.165) is 83.7 Å². The predicted molar refractivity (Wildman–Crippen MR) is 175 cm³/mol. The van der Waals surface area contributed by atoms with Crippen LogP contribution in [0.4, 0.5) is 5.69 Å². The largest absolute Gasteiger partial charge is 0.480 e. The fourth-order valence-corrected chi connectivity index (χ4v) is 4.84. The molecule has 220 valence electrons. The number of rotatable bonds is 14. The number of anilines is 1. The summed E-state index contributed by atoms with van der Waals surface area (Å²) in [4.78, 5) is 14.5. The molecule has 1 heterocycles. The quantitative estimate of drug-likeness (QED) is 0.0532. The number of nitrogens with one attached hydrogen (secondary N) is 1. The minimum absolute atomic E-state index is 0.478. The van der Waals surface area contributed by atoms with E-state index < -0.39 is 0 Å². The number of hydrogen-bond donors (Lipinski definition) is 1. The lowest BCUT2D eigenvalue weighted by Crippen LogP contribution is -2.17. The highest BCUT2D eigenvalue weighted by Gasteiger charge is 2.17. The van der Waals surface area contributed by atoms with Crippen molar-refractivity contribution in [2.24, 2.45) is 9.98 Å². The van der Waals surface area contributed by atoms with Gasteiger partial charge in [-0.1, -0.05) is 49.2 Å². The summed E-state index contributed by atoms with van der Waals surface area (Å²) >= 11 is 6.45. The summed E-state index contributed by atoms with van der Waals surface area (Å²) in [5.41, 5.74) is 6.10. The van der Waals surface area contributed by atoms with Crippen LogP contribution in [0.25, 0.3) is 28.1 Å². The van der Waals surface area contributed by atoms with Crippen LogP contribution in [-0.4, -0.2) is 42.6 Å². The first kappa shape index (κ1) is 31.0. The van der Waals surface area contributed by atoms with Crippen LogP contribution in [0.3, 0.4) is 0 Å². The summed E-state index contributed by atoms with van der Waals surface area (Å²) in [6.45, 7) is 8.23. The maximum Gasteiger partial charge on any atom is 0.237 e. The van der Waals surface area contributed by atoms with Crippen molar-refractivity contribution in [3.05, 3.63) is 94.8 Å². The van der Waals surface area contributed by atoms with Crippen molar-refractivity contribution in [3.63, 3.8) is 0 Å². The Bertz CT molecular complexity index is 1610. The van der Waals surface area contributed by atoms with Crippen LogP contribution in [0.5, 0.6) is 0 Å². The van der Waals surface area contributed by atoms with Gasteiger partial charge in [-0.3, -0.25) is 4.99 Å². The zero-order chi connectivity index (χ0) is 29.7. The van der Waals surface area contributed by atoms with E-state index in [1.165, 1.54) is 0 Å². The maximum atomic E-state index is 6.45. The van der Waals surface area contributed by atoms with Crippen molar-refractivity contribution < 1.29 is 9.47 Å². The van der Waals surface area contributed by atoms with Crippen LogP contribution in [0.1, 0.15) is 46.5 Å². The van der Waals surface area contributed by atoms with Crippen molar-refractivity contribution in [2.75, 3.05) is 32.2 Å². The van der Waals surface area contributed by atoms with Gasteiger partial charge in [-0.25, -0.2) is 9.98 Å². The molecular weight excluding hydrogens is 546 g/mol. The van der Waals surface area contributed by atoms with Gasteiger partial charge in [0.25, 0.3) is 0 Å². The molecule has 42 heavy (non-hydrogen) atoms. The van der Waals surface area contributed by atoms with Gasteiger partial charge < -0.3 is 19.4 Å². The number of para-hydroxylation sites is 2. The molecule has 0 atom stereocenters. The van der Waals surface area contributed by atoms with Gasteiger partial charge in [-0.05, 0) is 81.7 Å². The summed E-state index contributed by atoms with van der Waals surface area (Å²) in [7, 11) is 1.61. The number of ether oxygens (including phenoxy) is 2. The third-order valence-electron chi connectivity index (χ3n) is 6.66. The molecule has 0 radical (unpaired) electrons. The van der Waals surface area contributed by atoms with E-state index >= 15 is 0 Å². The second-order valence-corrected chi connectivity index (χ2v) is 10.2. The van der Waals surface area contributed by atoms with E-state index in [1.807, 2.05) is 68.5 Å². The molecule has 0 bridgehead atoms. The smallest absolute Gasteiger partial charge is 0.237 e. The number of fused-ring (bicyclic) bond motifs is 2. The molecule has 4 rings (SSSR count). The Morgan fingerprint density at radius 2 is 1.86 bits per heavy atom. The standard InChI is InChI=1S/C34H40ClN5O2/c1-5-8-20-42-21-12-11-19-37-29-24-33-31(23-30(29)39-28(14-6-2)34(41-4)36-7-3)38-27-17-9-10-18-32(27)40(33)26-16-13-15-25(35)22-26/h6-7,9-10,13-18,22-24,39H,5,8,11-12,19-21H2,1-4H3/b14-6-,34-28-,36-7-,37-29?. The van der Waals surface area contributed by atoms with Gasteiger partial charge in [0.1, 0.15) is 5.70 Å². The van der Waals surface area contributed by atoms with Gasteiger partial charge in [-0.2, -0.15) is 0 Å². The molecule has 2 aromatic carbocycles. The molecule has 7 nitrogen and oxygen atoms in total. The van der Waals surface area contributed by atoms with Crippen molar-refractivity contribution >= 4 is 34.5 Å². The Morgan fingerprint density at radius 1 is 1.02 bits per heavy atom. The number of halogens is 1. The average molecular weight is 586 g/mol. The molecule has 0 amide bonds. The Hall–Kier alpha value is -3.94. The van der Waals surface area contributed by atoms with Crippen LogP contribution in [0, 0.1) is 0 Å². The van der Waals surface area contributed by atoms with Gasteiger partial charge in [0.2, 0.25) is 5.88 Å². The van der Waals surface area contributed by atoms with E-state index in [0.29, 0.717) is 17.5 Å². The van der Waals surface area contributed by atoms with E-state index in [4.69, 9.17) is 31.1 Å². The lowest BCUT2D eigenvalue weighted by molar-refractivity contribution is 0.128. The molecule has 0 saturated carbocycles. The van der Waals surface area contributed by atoms with Crippen LogP contribution in [-0.2, 0) is 9.47 Å². The molecule has 1 aliphatic heterocycles. The Kier molecular flexibility index (Phi) is 11.7. The number of aromatic nitrogens is 2. The lowest BCUT2D eigenvalue weighted by atomic mass is 10.1. The van der Waals surface area contributed by atoms with Crippen LogP contribution >= 0.6 is 11.6 Å². The first-order chi connectivity index (χ1) is 20.6. The summed E-state index contributed by atoms with van der Waals surface area (Å²) in [6.07, 6.45) is 9.72. The number of methoxy groups -OCH3 is 1. The van der Waals surface area contributed by atoms with Crippen molar-refractivity contribution in [1.82, 2.24) is 9.55 Å². The Labute approximate surface area is 253 Å². The molecule has 8 heteroatoms. The zero-order valence-corrected chi connectivity index (χ0v) is 25.7. The molecule has 2 aromatic rings. The van der Waals surface area contributed by atoms with Gasteiger partial charge in [-0.15, -0.1) is 0 Å². The van der Waals surface area contributed by atoms with Crippen LogP contribution in [0.15, 0.2) is 94.4 Å². The highest BCUT2D eigenvalue weighted by molar-refractivity contribution is 6.30. The number of hydrogen-bond acceptors (Lipinski definition) is 6. The second kappa shape index (κ2) is 15.9. The molecule has 0 fully saturated rings. The monoisotopic (exact) mass is 585 g/mol. The topological polar surface area (TPSA) is 73.0 Å². The molecule has 2 aliphatic rings. The van der Waals surface area contributed by atoms with Crippen molar-refractivity contribution in [2.45, 2.75) is 46.5 Å². The normalized spacial score (nSPS) is 13.0. The highest BCUT2D eigenvalue weighted by atomic mass is 35.5. The number of nitrogens with zero attached hydrogens (tertiary/aromatic N) is 4. The average Bonchev–Trinajstić information content (AvgIpc) is 3.00. The first-order valence-corrected chi connectivity index (χ1v) is 14.9. The molecule has 0 aromatic heterocycles. The van der Waals surface area contributed by atoms with E-state index in [9.17, 15) is 0 Å². The zero-order valence-electron chi connectivity index (χ0n) is 24.9. The van der Waals surface area contributed by atoms with E-state index in [2.05, 4.69) is 40.0 Å². The Morgan fingerprint density at radius 3 is 2.62 bits per heavy atom. The summed E-state index contributed by atoms with van der Waals surface area (Å²) < 4.78 is 13.5. The lowest BCUT2D eigenvalue weighted by Gasteiger charge is -2.20. The van der Waals surface area contributed by atoms with Gasteiger partial charge >= 0.3 is 0 Å². The number of allylic oxidation sites excluding steroid dienone is 2. The van der Waals surface area contributed by atoms with E-state index in [1.54, 1.807) is 13.3 Å². The summed E-state index contributed by atoms with van der Waals surface area (Å²) in [6, 6.07) is 20.1. The van der Waals surface area contributed by atoms with Crippen LogP contribution in [0.2, 0.25) is 5.02 Å². The van der Waals surface area contributed by atoms with Gasteiger partial charge in [0.05, 0.1) is 40.6 Å². The molecule has 1 N–H and O–H groups in total.